The molecule has 0 radical (unpaired) electrons. The second-order valence-electron chi connectivity index (χ2n) is 5.95. The van der Waals surface area contributed by atoms with E-state index in [1.807, 2.05) is 24.3 Å². The number of ether oxygens (including phenoxy) is 1. The van der Waals surface area contributed by atoms with Gasteiger partial charge in [-0.05, 0) is 49.5 Å². The number of methoxy groups -OCH3 is 1. The fourth-order valence-corrected chi connectivity index (χ4v) is 3.02. The molecule has 126 valence electrons. The van der Waals surface area contributed by atoms with Gasteiger partial charge in [-0.15, -0.1) is 0 Å². The van der Waals surface area contributed by atoms with Gasteiger partial charge >= 0.3 is 0 Å². The van der Waals surface area contributed by atoms with Gasteiger partial charge in [0.05, 0.1) is 0 Å². The van der Waals surface area contributed by atoms with Crippen LogP contribution in [0.15, 0.2) is 41.4 Å². The minimum absolute atomic E-state index is 0.193. The lowest BCUT2D eigenvalue weighted by atomic mass is 10.0. The summed E-state index contributed by atoms with van der Waals surface area (Å²) in [5.41, 5.74) is 1.42. The lowest BCUT2D eigenvalue weighted by Gasteiger charge is -2.22. The third-order valence-corrected chi connectivity index (χ3v) is 4.49. The Morgan fingerprint density at radius 2 is 2.08 bits per heavy atom. The number of carbonyl (C=O) groups is 1. The molecule has 0 aliphatic heterocycles. The number of hydrogen-bond acceptors (Lipinski definition) is 5. The van der Waals surface area contributed by atoms with Crippen molar-refractivity contribution >= 4 is 5.91 Å². The van der Waals surface area contributed by atoms with E-state index >= 15 is 0 Å². The first-order valence-electron chi connectivity index (χ1n) is 8.06. The van der Waals surface area contributed by atoms with Crippen LogP contribution in [0.25, 0.3) is 11.5 Å². The van der Waals surface area contributed by atoms with Gasteiger partial charge in [0.1, 0.15) is 5.60 Å². The molecule has 0 unspecified atom stereocenters. The summed E-state index contributed by atoms with van der Waals surface area (Å²) in [7, 11) is 1.70. The topological polar surface area (TPSA) is 77.2 Å². The summed E-state index contributed by atoms with van der Waals surface area (Å²) in [6.45, 7) is 3.88. The van der Waals surface area contributed by atoms with Crippen LogP contribution < -0.4 is 5.32 Å². The van der Waals surface area contributed by atoms with Crippen molar-refractivity contribution in [2.45, 2.75) is 37.8 Å². The number of carbonyl (C=O) groups excluding carboxylic acids is 1. The van der Waals surface area contributed by atoms with Crippen LogP contribution >= 0.6 is 0 Å². The van der Waals surface area contributed by atoms with Gasteiger partial charge in [0, 0.05) is 19.2 Å². The molecule has 1 aliphatic rings. The van der Waals surface area contributed by atoms with Crippen molar-refractivity contribution in [1.29, 1.82) is 0 Å². The van der Waals surface area contributed by atoms with E-state index in [9.17, 15) is 4.79 Å². The number of rotatable bonds is 6. The van der Waals surface area contributed by atoms with Gasteiger partial charge < -0.3 is 14.6 Å². The third kappa shape index (κ3) is 3.23. The van der Waals surface area contributed by atoms with Gasteiger partial charge in [0.2, 0.25) is 11.7 Å². The molecule has 6 nitrogen and oxygen atoms in total. The van der Waals surface area contributed by atoms with E-state index in [1.54, 1.807) is 7.11 Å². The molecule has 1 aliphatic carbocycles. The highest BCUT2D eigenvalue weighted by molar-refractivity contribution is 5.86. The van der Waals surface area contributed by atoms with E-state index in [4.69, 9.17) is 9.26 Å². The minimum Gasteiger partial charge on any atom is -0.370 e. The maximum absolute atomic E-state index is 11.2. The Balaban J connectivity index is 1.73. The zero-order valence-corrected chi connectivity index (χ0v) is 13.7. The summed E-state index contributed by atoms with van der Waals surface area (Å²) in [6.07, 6.45) is 5.32. The Hall–Kier alpha value is -2.47. The summed E-state index contributed by atoms with van der Waals surface area (Å²) in [4.78, 5) is 15.7. The number of nitrogens with one attached hydrogen (secondary N) is 1. The number of amides is 1. The number of hydrogen-bond donors (Lipinski definition) is 1. The monoisotopic (exact) mass is 327 g/mol. The molecule has 1 fully saturated rings. The van der Waals surface area contributed by atoms with Crippen LogP contribution in [0.3, 0.4) is 0 Å². The highest BCUT2D eigenvalue weighted by Gasteiger charge is 2.40. The molecule has 24 heavy (non-hydrogen) atoms. The molecule has 2 aromatic rings. The standard InChI is InChI=1S/C18H21N3O3/c1-3-15(22)19-12-13-6-8-14(9-7-13)16-20-17(21-24-16)18(23-2)10-4-5-11-18/h3,6-9H,1,4-5,10-12H2,2H3,(H,19,22). The zero-order valence-electron chi connectivity index (χ0n) is 13.7. The molecule has 1 aromatic carbocycles. The van der Waals surface area contributed by atoms with Crippen molar-refractivity contribution in [2.24, 2.45) is 0 Å². The van der Waals surface area contributed by atoms with E-state index in [2.05, 4.69) is 22.0 Å². The third-order valence-electron chi connectivity index (χ3n) is 4.49. The summed E-state index contributed by atoms with van der Waals surface area (Å²) < 4.78 is 11.1. The van der Waals surface area contributed by atoms with Gasteiger partial charge in [0.15, 0.2) is 0 Å². The molecular weight excluding hydrogens is 306 g/mol. The number of aromatic nitrogens is 2. The number of nitrogens with zero attached hydrogens (tertiary/aromatic N) is 2. The van der Waals surface area contributed by atoms with Gasteiger partial charge in [0.25, 0.3) is 5.89 Å². The Labute approximate surface area is 140 Å². The Morgan fingerprint density at radius 3 is 2.71 bits per heavy atom. The van der Waals surface area contributed by atoms with Crippen LogP contribution in [-0.2, 0) is 21.7 Å². The lowest BCUT2D eigenvalue weighted by Crippen LogP contribution is -2.25. The minimum atomic E-state index is -0.406. The average Bonchev–Trinajstić information content (AvgIpc) is 3.30. The molecule has 1 aromatic heterocycles. The SMILES string of the molecule is C=CC(=O)NCc1ccc(-c2nc(C3(OC)CCCC3)no2)cc1. The molecule has 0 bridgehead atoms. The number of benzene rings is 1. The van der Waals surface area contributed by atoms with E-state index in [0.29, 0.717) is 18.3 Å². The first-order valence-corrected chi connectivity index (χ1v) is 8.06. The molecule has 1 saturated carbocycles. The Kier molecular flexibility index (Phi) is 4.76. The maximum atomic E-state index is 11.2. The summed E-state index contributed by atoms with van der Waals surface area (Å²) >= 11 is 0. The Bertz CT molecular complexity index is 715. The lowest BCUT2D eigenvalue weighted by molar-refractivity contribution is -0.116. The summed E-state index contributed by atoms with van der Waals surface area (Å²) in [5, 5.41) is 6.87. The largest absolute Gasteiger partial charge is 0.370 e. The maximum Gasteiger partial charge on any atom is 0.258 e. The van der Waals surface area contributed by atoms with Crippen LogP contribution in [0.1, 0.15) is 37.1 Å². The van der Waals surface area contributed by atoms with Gasteiger partial charge in [-0.1, -0.05) is 23.9 Å². The zero-order chi connectivity index (χ0) is 17.0. The van der Waals surface area contributed by atoms with Gasteiger partial charge in [-0.25, -0.2) is 0 Å². The summed E-state index contributed by atoms with van der Waals surface area (Å²) in [5.74, 6) is 0.914. The normalized spacial score (nSPS) is 16.0. The fraction of sp³-hybridized carbons (Fsp3) is 0.389. The van der Waals surface area contributed by atoms with Crippen molar-refractivity contribution in [3.63, 3.8) is 0 Å². The second kappa shape index (κ2) is 6.97. The molecule has 1 heterocycles. The molecule has 0 saturated heterocycles. The molecule has 3 rings (SSSR count). The average molecular weight is 327 g/mol. The Morgan fingerprint density at radius 1 is 1.38 bits per heavy atom. The van der Waals surface area contributed by atoms with Crippen molar-refractivity contribution in [2.75, 3.05) is 7.11 Å². The van der Waals surface area contributed by atoms with Gasteiger partial charge in [-0.2, -0.15) is 4.98 Å². The quantitative estimate of drug-likeness (QED) is 0.825. The van der Waals surface area contributed by atoms with Crippen molar-refractivity contribution in [3.05, 3.63) is 48.3 Å². The predicted molar refractivity (Wildman–Crippen MR) is 88.9 cm³/mol. The van der Waals surface area contributed by atoms with Crippen LogP contribution in [0.4, 0.5) is 0 Å². The van der Waals surface area contributed by atoms with Crippen LogP contribution in [0, 0.1) is 0 Å². The molecular formula is C18H21N3O3. The smallest absolute Gasteiger partial charge is 0.258 e. The molecule has 6 heteroatoms. The van der Waals surface area contributed by atoms with E-state index in [1.165, 1.54) is 6.08 Å². The van der Waals surface area contributed by atoms with E-state index in [-0.39, 0.29) is 5.91 Å². The predicted octanol–water partition coefficient (Wildman–Crippen LogP) is 2.95. The van der Waals surface area contributed by atoms with Crippen LogP contribution in [0.5, 0.6) is 0 Å². The first kappa shape index (κ1) is 16.4. The second-order valence-corrected chi connectivity index (χ2v) is 5.95. The molecule has 0 atom stereocenters. The van der Waals surface area contributed by atoms with Gasteiger partial charge in [-0.3, -0.25) is 4.79 Å². The molecule has 0 spiro atoms. The highest BCUT2D eigenvalue weighted by Crippen LogP contribution is 2.40. The summed E-state index contributed by atoms with van der Waals surface area (Å²) in [6, 6.07) is 7.65. The van der Waals surface area contributed by atoms with Crippen molar-refractivity contribution in [1.82, 2.24) is 15.5 Å². The van der Waals surface area contributed by atoms with E-state index in [0.717, 1.165) is 36.8 Å². The van der Waals surface area contributed by atoms with Crippen molar-refractivity contribution in [3.8, 4) is 11.5 Å². The highest BCUT2D eigenvalue weighted by atomic mass is 16.5. The van der Waals surface area contributed by atoms with Crippen LogP contribution in [0.2, 0.25) is 0 Å². The molecule has 1 amide bonds. The molecule has 1 N–H and O–H groups in total. The van der Waals surface area contributed by atoms with Crippen molar-refractivity contribution < 1.29 is 14.1 Å². The van der Waals surface area contributed by atoms with Crippen LogP contribution in [-0.4, -0.2) is 23.2 Å². The first-order chi connectivity index (χ1) is 11.7. The fourth-order valence-electron chi connectivity index (χ4n) is 3.02. The van der Waals surface area contributed by atoms with E-state index < -0.39 is 5.60 Å².